The van der Waals surface area contributed by atoms with Crippen molar-refractivity contribution in [3.8, 4) is 0 Å². The highest BCUT2D eigenvalue weighted by molar-refractivity contribution is 5.75. The molecular formula is C25H26N2O. The molecule has 0 bridgehead atoms. The average Bonchev–Trinajstić information content (AvgIpc) is 3.13. The largest absolute Gasteiger partial charge is 0.334 e. The summed E-state index contributed by atoms with van der Waals surface area (Å²) in [6, 6.07) is 31.4. The zero-order valence-corrected chi connectivity index (χ0v) is 16.2. The summed E-state index contributed by atoms with van der Waals surface area (Å²) in [6.45, 7) is 3.38. The van der Waals surface area contributed by atoms with Crippen molar-refractivity contribution in [3.05, 3.63) is 108 Å². The second kappa shape index (κ2) is 7.89. The van der Waals surface area contributed by atoms with Gasteiger partial charge in [0.1, 0.15) is 0 Å². The van der Waals surface area contributed by atoms with Crippen molar-refractivity contribution in [3.63, 3.8) is 0 Å². The zero-order chi connectivity index (χ0) is 19.4. The molecule has 0 aromatic heterocycles. The van der Waals surface area contributed by atoms with Gasteiger partial charge >= 0.3 is 6.03 Å². The number of carbonyl (C=O) groups excluding carboxylic acids is 1. The van der Waals surface area contributed by atoms with E-state index in [1.54, 1.807) is 0 Å². The van der Waals surface area contributed by atoms with E-state index in [-0.39, 0.29) is 17.5 Å². The Morgan fingerprint density at radius 1 is 0.893 bits per heavy atom. The Kier molecular flexibility index (Phi) is 5.16. The summed E-state index contributed by atoms with van der Waals surface area (Å²) in [4.78, 5) is 15.0. The Bertz CT molecular complexity index is 870. The zero-order valence-electron chi connectivity index (χ0n) is 16.2. The fourth-order valence-electron chi connectivity index (χ4n) is 4.37. The van der Waals surface area contributed by atoms with Crippen LogP contribution in [0, 0.1) is 0 Å². The van der Waals surface area contributed by atoms with Gasteiger partial charge in [0, 0.05) is 24.5 Å². The van der Waals surface area contributed by atoms with Gasteiger partial charge in [-0.05, 0) is 30.0 Å². The number of amides is 2. The van der Waals surface area contributed by atoms with Crippen LogP contribution in [0.3, 0.4) is 0 Å². The van der Waals surface area contributed by atoms with Crippen LogP contribution in [-0.2, 0) is 12.0 Å². The SMILES string of the molecule is CC1CC(c2ccccc2)(c2ccccc2)CN1C(=O)NCc1ccccc1. The first-order chi connectivity index (χ1) is 13.7. The molecule has 3 heteroatoms. The number of nitrogens with one attached hydrogen (secondary N) is 1. The molecule has 3 nitrogen and oxygen atoms in total. The summed E-state index contributed by atoms with van der Waals surface area (Å²) in [7, 11) is 0. The third-order valence-electron chi connectivity index (χ3n) is 5.82. The van der Waals surface area contributed by atoms with Gasteiger partial charge in [0.25, 0.3) is 0 Å². The highest BCUT2D eigenvalue weighted by Crippen LogP contribution is 2.43. The normalized spacial score (nSPS) is 18.0. The Morgan fingerprint density at radius 3 is 1.93 bits per heavy atom. The lowest BCUT2D eigenvalue weighted by Crippen LogP contribution is -2.43. The fraction of sp³-hybridized carbons (Fsp3) is 0.240. The van der Waals surface area contributed by atoms with Crippen LogP contribution in [0.25, 0.3) is 0 Å². The molecule has 1 saturated heterocycles. The van der Waals surface area contributed by atoms with Gasteiger partial charge in [0.2, 0.25) is 0 Å². The van der Waals surface area contributed by atoms with Crippen LogP contribution in [0.1, 0.15) is 30.0 Å². The molecule has 2 amide bonds. The molecule has 1 atom stereocenters. The predicted octanol–water partition coefficient (Wildman–Crippen LogP) is 4.98. The maximum Gasteiger partial charge on any atom is 0.317 e. The van der Waals surface area contributed by atoms with Gasteiger partial charge < -0.3 is 10.2 Å². The van der Waals surface area contributed by atoms with E-state index < -0.39 is 0 Å². The van der Waals surface area contributed by atoms with Gasteiger partial charge in [-0.15, -0.1) is 0 Å². The van der Waals surface area contributed by atoms with E-state index in [0.29, 0.717) is 13.1 Å². The third-order valence-corrected chi connectivity index (χ3v) is 5.82. The highest BCUT2D eigenvalue weighted by Gasteiger charge is 2.46. The van der Waals surface area contributed by atoms with Crippen molar-refractivity contribution < 1.29 is 4.79 Å². The first kappa shape index (κ1) is 18.3. The van der Waals surface area contributed by atoms with Crippen LogP contribution in [-0.4, -0.2) is 23.5 Å². The van der Waals surface area contributed by atoms with Crippen LogP contribution in [0.4, 0.5) is 4.79 Å². The molecule has 28 heavy (non-hydrogen) atoms. The number of hydrogen-bond donors (Lipinski definition) is 1. The average molecular weight is 370 g/mol. The maximum atomic E-state index is 13.0. The second-order valence-electron chi connectivity index (χ2n) is 7.64. The molecule has 1 unspecified atom stereocenters. The molecule has 0 spiro atoms. The lowest BCUT2D eigenvalue weighted by Gasteiger charge is -2.31. The van der Waals surface area contributed by atoms with Crippen molar-refractivity contribution in [1.29, 1.82) is 0 Å². The van der Waals surface area contributed by atoms with Gasteiger partial charge in [-0.2, -0.15) is 0 Å². The van der Waals surface area contributed by atoms with E-state index in [0.717, 1.165) is 12.0 Å². The summed E-state index contributed by atoms with van der Waals surface area (Å²) >= 11 is 0. The van der Waals surface area contributed by atoms with Crippen molar-refractivity contribution in [2.75, 3.05) is 6.54 Å². The monoisotopic (exact) mass is 370 g/mol. The van der Waals surface area contributed by atoms with Crippen LogP contribution in [0.2, 0.25) is 0 Å². The van der Waals surface area contributed by atoms with E-state index >= 15 is 0 Å². The van der Waals surface area contributed by atoms with Crippen LogP contribution in [0.15, 0.2) is 91.0 Å². The molecular weight excluding hydrogens is 344 g/mol. The van der Waals surface area contributed by atoms with Crippen molar-refractivity contribution >= 4 is 6.03 Å². The topological polar surface area (TPSA) is 32.3 Å². The van der Waals surface area contributed by atoms with Crippen molar-refractivity contribution in [2.24, 2.45) is 0 Å². The molecule has 1 aliphatic rings. The first-order valence-corrected chi connectivity index (χ1v) is 9.88. The lowest BCUT2D eigenvalue weighted by molar-refractivity contribution is 0.194. The molecule has 4 rings (SSSR count). The molecule has 142 valence electrons. The summed E-state index contributed by atoms with van der Waals surface area (Å²) in [5.74, 6) is 0. The molecule has 0 aliphatic carbocycles. The third kappa shape index (κ3) is 3.53. The summed E-state index contributed by atoms with van der Waals surface area (Å²) < 4.78 is 0. The smallest absolute Gasteiger partial charge is 0.317 e. The van der Waals surface area contributed by atoms with Gasteiger partial charge in [0.05, 0.1) is 0 Å². The van der Waals surface area contributed by atoms with Crippen LogP contribution >= 0.6 is 0 Å². The number of hydrogen-bond acceptors (Lipinski definition) is 1. The molecule has 3 aromatic rings. The van der Waals surface area contributed by atoms with Crippen LogP contribution in [0.5, 0.6) is 0 Å². The molecule has 1 heterocycles. The van der Waals surface area contributed by atoms with Crippen molar-refractivity contribution in [2.45, 2.75) is 31.3 Å². The van der Waals surface area contributed by atoms with Gasteiger partial charge in [0.15, 0.2) is 0 Å². The molecule has 3 aromatic carbocycles. The predicted molar refractivity (Wildman–Crippen MR) is 113 cm³/mol. The van der Waals surface area contributed by atoms with Gasteiger partial charge in [-0.25, -0.2) is 4.79 Å². The minimum Gasteiger partial charge on any atom is -0.334 e. The Labute approximate surface area is 167 Å². The number of nitrogens with zero attached hydrogens (tertiary/aromatic N) is 1. The van der Waals surface area contributed by atoms with Gasteiger partial charge in [-0.1, -0.05) is 91.0 Å². The number of benzene rings is 3. The number of rotatable bonds is 4. The van der Waals surface area contributed by atoms with E-state index in [1.165, 1.54) is 11.1 Å². The summed E-state index contributed by atoms with van der Waals surface area (Å²) in [5, 5.41) is 3.10. The first-order valence-electron chi connectivity index (χ1n) is 9.88. The molecule has 1 aliphatic heterocycles. The highest BCUT2D eigenvalue weighted by atomic mass is 16.2. The Hall–Kier alpha value is -3.07. The standard InChI is InChI=1S/C25H26N2O/c1-20-17-25(22-13-7-3-8-14-22,23-15-9-4-10-16-23)19-27(20)24(28)26-18-21-11-5-2-6-12-21/h2-16,20H,17-19H2,1H3,(H,26,28). The quantitative estimate of drug-likeness (QED) is 0.690. The maximum absolute atomic E-state index is 13.0. The van der Waals surface area contributed by atoms with E-state index in [2.05, 4.69) is 60.8 Å². The minimum absolute atomic E-state index is 0.00471. The molecule has 0 radical (unpaired) electrons. The lowest BCUT2D eigenvalue weighted by atomic mass is 9.73. The number of carbonyl (C=O) groups is 1. The Balaban J connectivity index is 1.59. The summed E-state index contributed by atoms with van der Waals surface area (Å²) in [5.41, 5.74) is 3.48. The molecule has 0 saturated carbocycles. The Morgan fingerprint density at radius 2 is 1.39 bits per heavy atom. The minimum atomic E-state index is -0.175. The summed E-state index contributed by atoms with van der Waals surface area (Å²) in [6.07, 6.45) is 0.916. The van der Waals surface area contributed by atoms with Gasteiger partial charge in [-0.3, -0.25) is 0 Å². The number of urea groups is 1. The van der Waals surface area contributed by atoms with E-state index in [4.69, 9.17) is 0 Å². The molecule has 1 fully saturated rings. The number of likely N-dealkylation sites (tertiary alicyclic amines) is 1. The van der Waals surface area contributed by atoms with Crippen molar-refractivity contribution in [1.82, 2.24) is 10.2 Å². The fourth-order valence-corrected chi connectivity index (χ4v) is 4.37. The molecule has 1 N–H and O–H groups in total. The van der Waals surface area contributed by atoms with E-state index in [9.17, 15) is 4.79 Å². The van der Waals surface area contributed by atoms with E-state index in [1.807, 2.05) is 47.4 Å². The second-order valence-corrected chi connectivity index (χ2v) is 7.64. The van der Waals surface area contributed by atoms with Crippen LogP contribution < -0.4 is 5.32 Å².